The molecule has 1 aromatic rings. The van der Waals surface area contributed by atoms with Crippen LogP contribution >= 0.6 is 23.2 Å². The maximum Gasteiger partial charge on any atom is 0.237 e. The summed E-state index contributed by atoms with van der Waals surface area (Å²) in [5.41, 5.74) is 0. The zero-order chi connectivity index (χ0) is 8.43. The molecule has 0 aliphatic heterocycles. The summed E-state index contributed by atoms with van der Waals surface area (Å²) in [6.07, 6.45) is 0. The Balaban J connectivity index is 3.24. The molecule has 1 heterocycles. The van der Waals surface area contributed by atoms with Crippen LogP contribution in [0.15, 0.2) is 0 Å². The van der Waals surface area contributed by atoms with Crippen molar-refractivity contribution in [2.75, 3.05) is 7.11 Å². The molecule has 0 radical (unpaired) electrons. The molecule has 11 heavy (non-hydrogen) atoms. The Morgan fingerprint density at radius 2 is 1.91 bits per heavy atom. The van der Waals surface area contributed by atoms with Gasteiger partial charge in [0.05, 0.1) is 7.11 Å². The number of methoxy groups -OCH3 is 1. The van der Waals surface area contributed by atoms with Crippen molar-refractivity contribution >= 4 is 23.2 Å². The normalized spacial score (nSPS) is 9.82. The quantitative estimate of drug-likeness (QED) is 0.640. The summed E-state index contributed by atoms with van der Waals surface area (Å²) in [5.74, 6) is 0.848. The highest BCUT2D eigenvalue weighted by molar-refractivity contribution is 6.41. The summed E-state index contributed by atoms with van der Waals surface area (Å²) < 4.78 is 4.84. The molecule has 0 saturated carbocycles. The average molecular weight is 193 g/mol. The number of nitrogens with zero attached hydrogens (tertiary/aromatic N) is 2. The molecule has 1 rings (SSSR count). The fourth-order valence-electron chi connectivity index (χ4n) is 0.636. The highest BCUT2D eigenvalue weighted by atomic mass is 35.5. The van der Waals surface area contributed by atoms with Crippen molar-refractivity contribution in [2.24, 2.45) is 0 Å². The summed E-state index contributed by atoms with van der Waals surface area (Å²) in [4.78, 5) is 7.73. The number of aryl methyl sites for hydroxylation is 1. The van der Waals surface area contributed by atoms with Gasteiger partial charge < -0.3 is 4.74 Å². The lowest BCUT2D eigenvalue weighted by atomic mass is 10.6. The second-order valence-electron chi connectivity index (χ2n) is 1.88. The molecule has 0 spiro atoms. The van der Waals surface area contributed by atoms with Gasteiger partial charge in [-0.1, -0.05) is 23.2 Å². The van der Waals surface area contributed by atoms with E-state index in [9.17, 15) is 0 Å². The smallest absolute Gasteiger partial charge is 0.237 e. The summed E-state index contributed by atoms with van der Waals surface area (Å²) in [5, 5.41) is 0.468. The molecular weight excluding hydrogens is 187 g/mol. The van der Waals surface area contributed by atoms with Crippen LogP contribution in [-0.2, 0) is 0 Å². The van der Waals surface area contributed by atoms with E-state index in [2.05, 4.69) is 9.97 Å². The first-order valence-corrected chi connectivity index (χ1v) is 3.64. The van der Waals surface area contributed by atoms with Gasteiger partial charge in [0.15, 0.2) is 5.15 Å². The number of halogens is 2. The summed E-state index contributed by atoms with van der Waals surface area (Å²) >= 11 is 11.3. The van der Waals surface area contributed by atoms with E-state index < -0.39 is 0 Å². The van der Waals surface area contributed by atoms with E-state index in [1.165, 1.54) is 7.11 Å². The Bertz CT molecular complexity index is 278. The number of hydrogen-bond acceptors (Lipinski definition) is 3. The Morgan fingerprint density at radius 1 is 1.27 bits per heavy atom. The predicted octanol–water partition coefficient (Wildman–Crippen LogP) is 2.10. The van der Waals surface area contributed by atoms with Crippen LogP contribution in [0, 0.1) is 6.92 Å². The molecule has 60 valence electrons. The van der Waals surface area contributed by atoms with Gasteiger partial charge in [-0.25, -0.2) is 4.98 Å². The number of rotatable bonds is 1. The SMILES string of the molecule is COc1nc(C)nc(Cl)c1Cl. The monoisotopic (exact) mass is 192 g/mol. The molecule has 0 fully saturated rings. The maximum absolute atomic E-state index is 5.68. The van der Waals surface area contributed by atoms with Crippen molar-refractivity contribution in [1.29, 1.82) is 0 Å². The fourth-order valence-corrected chi connectivity index (χ4v) is 1.00. The molecule has 0 saturated heterocycles. The number of aromatic nitrogens is 2. The van der Waals surface area contributed by atoms with Crippen molar-refractivity contribution in [1.82, 2.24) is 9.97 Å². The summed E-state index contributed by atoms with van der Waals surface area (Å²) in [6.45, 7) is 1.71. The maximum atomic E-state index is 5.68. The first kappa shape index (κ1) is 8.56. The molecule has 0 atom stereocenters. The Labute approximate surface area is 74.3 Å². The van der Waals surface area contributed by atoms with Crippen LogP contribution in [0.4, 0.5) is 0 Å². The molecule has 3 nitrogen and oxygen atoms in total. The lowest BCUT2D eigenvalue weighted by molar-refractivity contribution is 0.396. The Hall–Kier alpha value is -0.540. The largest absolute Gasteiger partial charge is 0.480 e. The van der Waals surface area contributed by atoms with Gasteiger partial charge in [-0.3, -0.25) is 0 Å². The van der Waals surface area contributed by atoms with Gasteiger partial charge in [-0.2, -0.15) is 4.98 Å². The minimum atomic E-state index is 0.219. The van der Waals surface area contributed by atoms with Crippen molar-refractivity contribution in [3.63, 3.8) is 0 Å². The average Bonchev–Trinajstić information content (AvgIpc) is 1.96. The second kappa shape index (κ2) is 3.24. The third-order valence-electron chi connectivity index (χ3n) is 1.09. The van der Waals surface area contributed by atoms with Gasteiger partial charge in [0.25, 0.3) is 0 Å². The second-order valence-corrected chi connectivity index (χ2v) is 2.62. The first-order valence-electron chi connectivity index (χ1n) is 2.88. The lowest BCUT2D eigenvalue weighted by Gasteiger charge is -2.02. The minimum Gasteiger partial charge on any atom is -0.480 e. The lowest BCUT2D eigenvalue weighted by Crippen LogP contribution is -1.94. The third-order valence-corrected chi connectivity index (χ3v) is 1.80. The van der Waals surface area contributed by atoms with Crippen LogP contribution in [0.2, 0.25) is 10.2 Å². The van der Waals surface area contributed by atoms with E-state index in [4.69, 9.17) is 27.9 Å². The molecule has 1 aromatic heterocycles. The topological polar surface area (TPSA) is 35.0 Å². The minimum absolute atomic E-state index is 0.219. The van der Waals surface area contributed by atoms with E-state index >= 15 is 0 Å². The third kappa shape index (κ3) is 1.73. The molecule has 0 aliphatic rings. The predicted molar refractivity (Wildman–Crippen MR) is 43.3 cm³/mol. The van der Waals surface area contributed by atoms with E-state index in [0.29, 0.717) is 11.7 Å². The van der Waals surface area contributed by atoms with E-state index in [-0.39, 0.29) is 10.2 Å². The van der Waals surface area contributed by atoms with Crippen molar-refractivity contribution in [2.45, 2.75) is 6.92 Å². The van der Waals surface area contributed by atoms with Gasteiger partial charge in [0.2, 0.25) is 5.88 Å². The molecule has 0 aromatic carbocycles. The van der Waals surface area contributed by atoms with Gasteiger partial charge in [-0.15, -0.1) is 0 Å². The van der Waals surface area contributed by atoms with Crippen molar-refractivity contribution < 1.29 is 4.74 Å². The first-order chi connectivity index (χ1) is 5.15. The molecule has 0 bridgehead atoms. The zero-order valence-electron chi connectivity index (χ0n) is 6.06. The number of hydrogen-bond donors (Lipinski definition) is 0. The highest BCUT2D eigenvalue weighted by Crippen LogP contribution is 2.27. The fraction of sp³-hybridized carbons (Fsp3) is 0.333. The van der Waals surface area contributed by atoms with Gasteiger partial charge in [0, 0.05) is 0 Å². The van der Waals surface area contributed by atoms with Crippen LogP contribution in [0.1, 0.15) is 5.82 Å². The van der Waals surface area contributed by atoms with Gasteiger partial charge in [-0.05, 0) is 6.92 Å². The summed E-state index contributed by atoms with van der Waals surface area (Å²) in [6, 6.07) is 0. The van der Waals surface area contributed by atoms with E-state index in [1.807, 2.05) is 0 Å². The van der Waals surface area contributed by atoms with Crippen LogP contribution in [0.25, 0.3) is 0 Å². The van der Waals surface area contributed by atoms with Crippen LogP contribution in [0.5, 0.6) is 5.88 Å². The van der Waals surface area contributed by atoms with E-state index in [1.54, 1.807) is 6.92 Å². The number of ether oxygens (including phenoxy) is 1. The van der Waals surface area contributed by atoms with Gasteiger partial charge in [0.1, 0.15) is 10.8 Å². The van der Waals surface area contributed by atoms with Crippen molar-refractivity contribution in [3.05, 3.63) is 16.0 Å². The van der Waals surface area contributed by atoms with Crippen LogP contribution in [0.3, 0.4) is 0 Å². The highest BCUT2D eigenvalue weighted by Gasteiger charge is 2.08. The van der Waals surface area contributed by atoms with Crippen molar-refractivity contribution in [3.8, 4) is 5.88 Å². The summed E-state index contributed by atoms with van der Waals surface area (Å²) in [7, 11) is 1.48. The van der Waals surface area contributed by atoms with E-state index in [0.717, 1.165) is 0 Å². The molecule has 0 aliphatic carbocycles. The Morgan fingerprint density at radius 3 is 2.45 bits per heavy atom. The molecule has 0 N–H and O–H groups in total. The van der Waals surface area contributed by atoms with Crippen LogP contribution < -0.4 is 4.74 Å². The van der Waals surface area contributed by atoms with Gasteiger partial charge >= 0.3 is 0 Å². The standard InChI is InChI=1S/C6H6Cl2N2O/c1-3-9-5(8)4(7)6(10-3)11-2/h1-2H3. The molecule has 0 amide bonds. The molecule has 0 unspecified atom stereocenters. The molecule has 5 heteroatoms. The van der Waals surface area contributed by atoms with Crippen LogP contribution in [-0.4, -0.2) is 17.1 Å². The Kier molecular flexibility index (Phi) is 2.52. The molecular formula is C6H6Cl2N2O. The zero-order valence-corrected chi connectivity index (χ0v) is 7.57.